The molecule has 0 aliphatic carbocycles. The van der Waals surface area contributed by atoms with Crippen molar-refractivity contribution in [3.63, 3.8) is 0 Å². The highest BCUT2D eigenvalue weighted by Crippen LogP contribution is 2.33. The Morgan fingerprint density at radius 2 is 1.70 bits per heavy atom. The van der Waals surface area contributed by atoms with E-state index in [1.807, 2.05) is 4.90 Å². The van der Waals surface area contributed by atoms with Crippen LogP contribution < -0.4 is 4.90 Å². The zero-order valence-corrected chi connectivity index (χ0v) is 18.9. The molecule has 2 aromatic rings. The molecule has 4 rings (SSSR count). The smallest absolute Gasteiger partial charge is 0.433 e. The van der Waals surface area contributed by atoms with Gasteiger partial charge in [0.25, 0.3) is 5.91 Å². The summed E-state index contributed by atoms with van der Waals surface area (Å²) in [6.45, 7) is 4.61. The molecule has 0 unspecified atom stereocenters. The number of hydrogen-bond donors (Lipinski definition) is 0. The molecule has 0 saturated carbocycles. The SMILES string of the molecule is CC(=O)N1CCN(C(=O)c2ccc(CSc3nc(N4CCCC4)cc(C(F)(F)F)n3)o2)CC1. The Morgan fingerprint density at radius 1 is 1.03 bits per heavy atom. The summed E-state index contributed by atoms with van der Waals surface area (Å²) in [5, 5.41) is 0.0105. The van der Waals surface area contributed by atoms with Crippen LogP contribution in [-0.2, 0) is 16.7 Å². The second-order valence-electron chi connectivity index (χ2n) is 7.94. The zero-order valence-electron chi connectivity index (χ0n) is 18.1. The van der Waals surface area contributed by atoms with E-state index in [0.717, 1.165) is 30.7 Å². The van der Waals surface area contributed by atoms with Gasteiger partial charge in [0.1, 0.15) is 11.6 Å². The van der Waals surface area contributed by atoms with Gasteiger partial charge in [0.15, 0.2) is 16.6 Å². The molecule has 33 heavy (non-hydrogen) atoms. The van der Waals surface area contributed by atoms with Crippen molar-refractivity contribution in [2.24, 2.45) is 0 Å². The number of halogens is 3. The Kier molecular flexibility index (Phi) is 6.82. The second kappa shape index (κ2) is 9.62. The molecule has 2 aliphatic heterocycles. The van der Waals surface area contributed by atoms with E-state index >= 15 is 0 Å². The minimum atomic E-state index is -4.57. The molecule has 0 atom stereocenters. The van der Waals surface area contributed by atoms with Gasteiger partial charge in [-0.2, -0.15) is 13.2 Å². The standard InChI is InChI=1S/C21H24F3N5O3S/c1-14(30)27-8-10-29(11-9-27)19(31)16-5-4-15(32-16)13-33-20-25-17(21(22,23)24)12-18(26-20)28-6-2-3-7-28/h4-5,12H,2-3,6-11,13H2,1H3. The maximum Gasteiger partial charge on any atom is 0.433 e. The predicted octanol–water partition coefficient (Wildman–Crippen LogP) is 3.29. The third-order valence-electron chi connectivity index (χ3n) is 5.64. The molecule has 0 aromatic carbocycles. The molecular weight excluding hydrogens is 459 g/mol. The van der Waals surface area contributed by atoms with Gasteiger partial charge in [-0.3, -0.25) is 9.59 Å². The summed E-state index contributed by atoms with van der Waals surface area (Å²) < 4.78 is 45.6. The third-order valence-corrected chi connectivity index (χ3v) is 6.51. The van der Waals surface area contributed by atoms with Crippen molar-refractivity contribution in [2.75, 3.05) is 44.2 Å². The molecule has 0 radical (unpaired) electrons. The summed E-state index contributed by atoms with van der Waals surface area (Å²) in [7, 11) is 0. The van der Waals surface area contributed by atoms with Crippen LogP contribution in [0.2, 0.25) is 0 Å². The number of carbonyl (C=O) groups is 2. The molecule has 2 aromatic heterocycles. The first-order valence-electron chi connectivity index (χ1n) is 10.7. The van der Waals surface area contributed by atoms with E-state index in [2.05, 4.69) is 9.97 Å². The molecule has 178 valence electrons. The number of nitrogens with zero attached hydrogens (tertiary/aromatic N) is 5. The summed E-state index contributed by atoms with van der Waals surface area (Å²) in [5.74, 6) is 0.758. The van der Waals surface area contributed by atoms with Crippen LogP contribution in [0.5, 0.6) is 0 Å². The monoisotopic (exact) mass is 483 g/mol. The summed E-state index contributed by atoms with van der Waals surface area (Å²) in [4.78, 5) is 37.2. The number of aromatic nitrogens is 2. The van der Waals surface area contributed by atoms with Crippen molar-refractivity contribution < 1.29 is 27.2 Å². The molecule has 0 N–H and O–H groups in total. The minimum Gasteiger partial charge on any atom is -0.455 e. The molecule has 2 saturated heterocycles. The lowest BCUT2D eigenvalue weighted by atomic mass is 10.3. The molecule has 4 heterocycles. The summed E-state index contributed by atoms with van der Waals surface area (Å²) >= 11 is 1.03. The number of piperazine rings is 1. The van der Waals surface area contributed by atoms with Crippen LogP contribution in [0.15, 0.2) is 27.8 Å². The van der Waals surface area contributed by atoms with E-state index in [0.29, 0.717) is 45.0 Å². The first kappa shape index (κ1) is 23.4. The number of amides is 2. The van der Waals surface area contributed by atoms with Crippen LogP contribution in [0.3, 0.4) is 0 Å². The van der Waals surface area contributed by atoms with Crippen molar-refractivity contribution in [3.05, 3.63) is 35.4 Å². The van der Waals surface area contributed by atoms with Crippen molar-refractivity contribution in [1.29, 1.82) is 0 Å². The molecule has 12 heteroatoms. The van der Waals surface area contributed by atoms with Crippen LogP contribution in [0.4, 0.5) is 19.0 Å². The van der Waals surface area contributed by atoms with Gasteiger partial charge in [0, 0.05) is 52.3 Å². The minimum absolute atomic E-state index is 0.0105. The molecule has 2 aliphatic rings. The van der Waals surface area contributed by atoms with Crippen LogP contribution >= 0.6 is 11.8 Å². The summed E-state index contributed by atoms with van der Waals surface area (Å²) in [5.41, 5.74) is -0.970. The number of alkyl halides is 3. The number of thioether (sulfide) groups is 1. The lowest BCUT2D eigenvalue weighted by Gasteiger charge is -2.33. The fourth-order valence-electron chi connectivity index (χ4n) is 3.82. The van der Waals surface area contributed by atoms with Gasteiger partial charge in [0.2, 0.25) is 5.91 Å². The van der Waals surface area contributed by atoms with Gasteiger partial charge in [-0.05, 0) is 25.0 Å². The molecular formula is C21H24F3N5O3S. The van der Waals surface area contributed by atoms with Crippen molar-refractivity contribution >= 4 is 29.4 Å². The average molecular weight is 484 g/mol. The van der Waals surface area contributed by atoms with E-state index in [-0.39, 0.29) is 34.3 Å². The number of hydrogen-bond acceptors (Lipinski definition) is 7. The van der Waals surface area contributed by atoms with E-state index in [1.165, 1.54) is 6.92 Å². The van der Waals surface area contributed by atoms with Crippen LogP contribution in [0.25, 0.3) is 0 Å². The Bertz CT molecular complexity index is 1010. The first-order valence-corrected chi connectivity index (χ1v) is 11.7. The quantitative estimate of drug-likeness (QED) is 0.477. The lowest BCUT2D eigenvalue weighted by molar-refractivity contribution is -0.141. The summed E-state index contributed by atoms with van der Waals surface area (Å²) in [6.07, 6.45) is -2.73. The van der Waals surface area contributed by atoms with Crippen LogP contribution in [0, 0.1) is 0 Å². The van der Waals surface area contributed by atoms with Gasteiger partial charge in [-0.15, -0.1) is 0 Å². The van der Waals surface area contributed by atoms with Gasteiger partial charge in [-0.25, -0.2) is 9.97 Å². The van der Waals surface area contributed by atoms with Crippen molar-refractivity contribution in [2.45, 2.75) is 36.9 Å². The van der Waals surface area contributed by atoms with Gasteiger partial charge in [-0.1, -0.05) is 11.8 Å². The molecule has 8 nitrogen and oxygen atoms in total. The van der Waals surface area contributed by atoms with Gasteiger partial charge >= 0.3 is 6.18 Å². The first-order chi connectivity index (χ1) is 15.7. The Balaban J connectivity index is 1.41. The molecule has 2 fully saturated rings. The van der Waals surface area contributed by atoms with Gasteiger partial charge in [0.05, 0.1) is 5.75 Å². The van der Waals surface area contributed by atoms with E-state index in [1.54, 1.807) is 21.9 Å². The van der Waals surface area contributed by atoms with Crippen molar-refractivity contribution in [3.8, 4) is 0 Å². The second-order valence-corrected chi connectivity index (χ2v) is 8.88. The Hall–Kier alpha value is -2.76. The Morgan fingerprint density at radius 3 is 2.33 bits per heavy atom. The molecule has 0 spiro atoms. The summed E-state index contributed by atoms with van der Waals surface area (Å²) in [6, 6.07) is 4.17. The predicted molar refractivity (Wildman–Crippen MR) is 115 cm³/mol. The number of rotatable bonds is 5. The normalized spacial score (nSPS) is 17.0. The lowest BCUT2D eigenvalue weighted by Crippen LogP contribution is -2.50. The Labute approximate surface area is 193 Å². The number of anilines is 1. The van der Waals surface area contributed by atoms with Crippen LogP contribution in [0.1, 0.15) is 41.8 Å². The topological polar surface area (TPSA) is 82.8 Å². The van der Waals surface area contributed by atoms with E-state index < -0.39 is 11.9 Å². The maximum absolute atomic E-state index is 13.3. The highest BCUT2D eigenvalue weighted by molar-refractivity contribution is 7.98. The van der Waals surface area contributed by atoms with Crippen molar-refractivity contribution in [1.82, 2.24) is 19.8 Å². The third kappa shape index (κ3) is 5.60. The highest BCUT2D eigenvalue weighted by Gasteiger charge is 2.34. The highest BCUT2D eigenvalue weighted by atomic mass is 32.2. The zero-order chi connectivity index (χ0) is 23.6. The van der Waals surface area contributed by atoms with Gasteiger partial charge < -0.3 is 19.1 Å². The largest absolute Gasteiger partial charge is 0.455 e. The molecule has 2 amide bonds. The number of furan rings is 1. The van der Waals surface area contributed by atoms with E-state index in [4.69, 9.17) is 4.42 Å². The molecule has 0 bridgehead atoms. The average Bonchev–Trinajstić information content (AvgIpc) is 3.49. The van der Waals surface area contributed by atoms with Crippen LogP contribution in [-0.4, -0.2) is 70.9 Å². The maximum atomic E-state index is 13.3. The number of carbonyl (C=O) groups excluding carboxylic acids is 2. The fraction of sp³-hybridized carbons (Fsp3) is 0.524. The van der Waals surface area contributed by atoms with E-state index in [9.17, 15) is 22.8 Å². The fourth-order valence-corrected chi connectivity index (χ4v) is 4.56.